The summed E-state index contributed by atoms with van der Waals surface area (Å²) in [5, 5.41) is 0. The van der Waals surface area contributed by atoms with Gasteiger partial charge in [-0.15, -0.1) is 0 Å². The van der Waals surface area contributed by atoms with Crippen LogP contribution in [0.5, 0.6) is 5.75 Å². The maximum Gasteiger partial charge on any atom is 0.261 e. The monoisotopic (exact) mass is 586 g/mol. The van der Waals surface area contributed by atoms with Crippen molar-refractivity contribution < 1.29 is 30.0 Å². The molecule has 39 heavy (non-hydrogen) atoms. The SMILES string of the molecule is COc1ccc(S(=O)(=O)c2cc(NS(=O)(=O)c3ccc(C)cc3)ccc2NS(=O)(=O)c2ccc(C)cc2)cc1. The highest BCUT2D eigenvalue weighted by atomic mass is 32.2. The lowest BCUT2D eigenvalue weighted by Gasteiger charge is -2.16. The van der Waals surface area contributed by atoms with E-state index in [1.165, 1.54) is 67.8 Å². The first-order valence-electron chi connectivity index (χ1n) is 11.5. The van der Waals surface area contributed by atoms with E-state index >= 15 is 0 Å². The van der Waals surface area contributed by atoms with Crippen LogP contribution in [-0.2, 0) is 29.9 Å². The number of benzene rings is 4. The van der Waals surface area contributed by atoms with E-state index in [0.29, 0.717) is 5.75 Å². The largest absolute Gasteiger partial charge is 0.497 e. The Balaban J connectivity index is 1.81. The van der Waals surface area contributed by atoms with Crippen molar-refractivity contribution in [3.8, 4) is 5.75 Å². The van der Waals surface area contributed by atoms with Crippen LogP contribution >= 0.6 is 0 Å². The number of sulfone groups is 1. The number of sulfonamides is 2. The Morgan fingerprint density at radius 2 is 1.03 bits per heavy atom. The first-order valence-corrected chi connectivity index (χ1v) is 16.0. The third-order valence-corrected chi connectivity index (χ3v) is 10.4. The van der Waals surface area contributed by atoms with Crippen molar-refractivity contribution >= 4 is 41.3 Å². The van der Waals surface area contributed by atoms with Crippen molar-refractivity contribution in [3.63, 3.8) is 0 Å². The summed E-state index contributed by atoms with van der Waals surface area (Å²) in [7, 11) is -11.1. The fourth-order valence-electron chi connectivity index (χ4n) is 3.63. The lowest BCUT2D eigenvalue weighted by atomic mass is 10.2. The molecule has 0 atom stereocenters. The molecule has 0 aliphatic rings. The first kappa shape index (κ1) is 28.1. The topological polar surface area (TPSA) is 136 Å². The molecule has 204 valence electrons. The van der Waals surface area contributed by atoms with Gasteiger partial charge >= 0.3 is 0 Å². The number of hydrogen-bond acceptors (Lipinski definition) is 7. The molecule has 0 aromatic heterocycles. The summed E-state index contributed by atoms with van der Waals surface area (Å²) in [5.41, 5.74) is 1.40. The molecule has 0 radical (unpaired) electrons. The molecule has 0 bridgehead atoms. The number of hydrogen-bond donors (Lipinski definition) is 2. The van der Waals surface area contributed by atoms with E-state index in [1.807, 2.05) is 6.92 Å². The number of ether oxygens (including phenoxy) is 1. The van der Waals surface area contributed by atoms with E-state index in [-0.39, 0.29) is 26.1 Å². The van der Waals surface area contributed by atoms with Gasteiger partial charge in [-0.3, -0.25) is 9.44 Å². The minimum Gasteiger partial charge on any atom is -0.497 e. The molecular formula is C27H26N2O7S3. The van der Waals surface area contributed by atoms with Gasteiger partial charge < -0.3 is 4.74 Å². The third kappa shape index (κ3) is 6.24. The van der Waals surface area contributed by atoms with E-state index in [2.05, 4.69) is 9.44 Å². The molecule has 0 amide bonds. The van der Waals surface area contributed by atoms with E-state index in [9.17, 15) is 25.3 Å². The Kier molecular flexibility index (Phi) is 7.73. The van der Waals surface area contributed by atoms with Crippen molar-refractivity contribution in [2.24, 2.45) is 0 Å². The van der Waals surface area contributed by atoms with Crippen LogP contribution in [0.25, 0.3) is 0 Å². The lowest BCUT2D eigenvalue weighted by Crippen LogP contribution is -2.17. The zero-order valence-electron chi connectivity index (χ0n) is 21.2. The van der Waals surface area contributed by atoms with E-state index < -0.39 is 34.8 Å². The second-order valence-corrected chi connectivity index (χ2v) is 14.0. The molecule has 4 aromatic rings. The predicted molar refractivity (Wildman–Crippen MR) is 149 cm³/mol. The fraction of sp³-hybridized carbons (Fsp3) is 0.111. The standard InChI is InChI=1S/C27H26N2O7S3/c1-19-4-11-24(12-5-19)38(32,33)28-21-8-17-26(29-39(34,35)25-13-6-20(2)7-14-25)27(18-21)37(30,31)23-15-9-22(36-3)10-16-23/h4-18,28-29H,1-3H3. The van der Waals surface area contributed by atoms with E-state index in [4.69, 9.17) is 4.74 Å². The first-order chi connectivity index (χ1) is 18.3. The molecule has 0 heterocycles. The van der Waals surface area contributed by atoms with Crippen molar-refractivity contribution in [2.45, 2.75) is 33.4 Å². The minimum atomic E-state index is -4.32. The van der Waals surface area contributed by atoms with Gasteiger partial charge in [-0.1, -0.05) is 35.4 Å². The zero-order valence-corrected chi connectivity index (χ0v) is 23.7. The van der Waals surface area contributed by atoms with E-state index in [1.54, 1.807) is 31.2 Å². The van der Waals surface area contributed by atoms with Crippen LogP contribution in [0.1, 0.15) is 11.1 Å². The van der Waals surface area contributed by atoms with Crippen molar-refractivity contribution in [1.29, 1.82) is 0 Å². The average molecular weight is 587 g/mol. The summed E-state index contributed by atoms with van der Waals surface area (Å²) in [6.45, 7) is 3.62. The molecule has 4 rings (SSSR count). The summed E-state index contributed by atoms with van der Waals surface area (Å²) in [4.78, 5) is -0.660. The molecule has 0 aliphatic carbocycles. The number of methoxy groups -OCH3 is 1. The van der Waals surface area contributed by atoms with Crippen LogP contribution < -0.4 is 14.2 Å². The minimum absolute atomic E-state index is 0.0168. The van der Waals surface area contributed by atoms with Gasteiger partial charge in [0.1, 0.15) is 5.75 Å². The molecule has 0 spiro atoms. The second-order valence-electron chi connectivity index (χ2n) is 8.73. The number of anilines is 2. The van der Waals surface area contributed by atoms with Crippen LogP contribution in [0.15, 0.2) is 111 Å². The fourth-order valence-corrected chi connectivity index (χ4v) is 7.26. The molecule has 0 saturated carbocycles. The van der Waals surface area contributed by atoms with Gasteiger partial charge in [-0.25, -0.2) is 25.3 Å². The van der Waals surface area contributed by atoms with Gasteiger partial charge in [-0.2, -0.15) is 0 Å². The van der Waals surface area contributed by atoms with Crippen molar-refractivity contribution in [2.75, 3.05) is 16.6 Å². The molecular weight excluding hydrogens is 561 g/mol. The Labute approximate surface area is 228 Å². The lowest BCUT2D eigenvalue weighted by molar-refractivity contribution is 0.414. The maximum absolute atomic E-state index is 13.7. The molecule has 9 nitrogen and oxygen atoms in total. The molecule has 12 heteroatoms. The summed E-state index contributed by atoms with van der Waals surface area (Å²) < 4.78 is 89.3. The summed E-state index contributed by atoms with van der Waals surface area (Å²) >= 11 is 0. The Morgan fingerprint density at radius 3 is 1.51 bits per heavy atom. The highest BCUT2D eigenvalue weighted by molar-refractivity contribution is 7.93. The van der Waals surface area contributed by atoms with Crippen LogP contribution in [0.4, 0.5) is 11.4 Å². The average Bonchev–Trinajstić information content (AvgIpc) is 2.89. The van der Waals surface area contributed by atoms with Gasteiger partial charge in [0.2, 0.25) is 9.84 Å². The number of nitrogens with one attached hydrogen (secondary N) is 2. The molecule has 0 fully saturated rings. The van der Waals surface area contributed by atoms with Gasteiger partial charge in [-0.05, 0) is 80.6 Å². The van der Waals surface area contributed by atoms with Gasteiger partial charge in [0.25, 0.3) is 20.0 Å². The van der Waals surface area contributed by atoms with Gasteiger partial charge in [0.05, 0.1) is 38.1 Å². The smallest absolute Gasteiger partial charge is 0.261 e. The molecule has 2 N–H and O–H groups in total. The van der Waals surface area contributed by atoms with Gasteiger partial charge in [0, 0.05) is 0 Å². The highest BCUT2D eigenvalue weighted by Gasteiger charge is 2.26. The van der Waals surface area contributed by atoms with Crippen molar-refractivity contribution in [1.82, 2.24) is 0 Å². The molecule has 4 aromatic carbocycles. The summed E-state index contributed by atoms with van der Waals surface area (Å²) in [6, 6.07) is 21.3. The van der Waals surface area contributed by atoms with Crippen LogP contribution in [-0.4, -0.2) is 32.4 Å². The normalized spacial score (nSPS) is 12.1. The number of aryl methyl sites for hydroxylation is 2. The Bertz CT molecular complexity index is 1820. The maximum atomic E-state index is 13.7. The third-order valence-electron chi connectivity index (χ3n) is 5.80. The summed E-state index contributed by atoms with van der Waals surface area (Å²) in [5.74, 6) is 0.425. The Morgan fingerprint density at radius 1 is 0.564 bits per heavy atom. The van der Waals surface area contributed by atoms with Crippen LogP contribution in [0, 0.1) is 13.8 Å². The van der Waals surface area contributed by atoms with Crippen LogP contribution in [0.3, 0.4) is 0 Å². The quantitative estimate of drug-likeness (QED) is 0.289. The molecule has 0 aliphatic heterocycles. The zero-order chi connectivity index (χ0) is 28.4. The summed E-state index contributed by atoms with van der Waals surface area (Å²) in [6.07, 6.45) is 0. The Hall–Kier alpha value is -3.87. The van der Waals surface area contributed by atoms with Crippen molar-refractivity contribution in [3.05, 3.63) is 102 Å². The second kappa shape index (κ2) is 10.7. The number of rotatable bonds is 9. The molecule has 0 saturated heterocycles. The predicted octanol–water partition coefficient (Wildman–Crippen LogP) is 4.75. The van der Waals surface area contributed by atoms with Crippen LogP contribution in [0.2, 0.25) is 0 Å². The van der Waals surface area contributed by atoms with E-state index in [0.717, 1.165) is 17.2 Å². The molecule has 0 unspecified atom stereocenters. The van der Waals surface area contributed by atoms with Gasteiger partial charge in [0.15, 0.2) is 0 Å². The highest BCUT2D eigenvalue weighted by Crippen LogP contribution is 2.33.